The molecule has 98 valence electrons. The molecule has 6 nitrogen and oxygen atoms in total. The van der Waals surface area contributed by atoms with Crippen LogP contribution >= 0.6 is 23.2 Å². The maximum Gasteiger partial charge on any atom is 0.264 e. The van der Waals surface area contributed by atoms with Crippen LogP contribution in [0, 0.1) is 0 Å². The number of nitrogens with two attached hydrogens (primary N) is 1. The Hall–Kier alpha value is -2.05. The minimum atomic E-state index is -0.468. The number of aromatic amines is 1. The van der Waals surface area contributed by atoms with E-state index in [1.54, 1.807) is 0 Å². The molecule has 0 saturated carbocycles. The van der Waals surface area contributed by atoms with E-state index in [-0.39, 0.29) is 32.7 Å². The van der Waals surface area contributed by atoms with Crippen molar-refractivity contribution in [1.29, 1.82) is 0 Å². The van der Waals surface area contributed by atoms with E-state index in [9.17, 15) is 9.59 Å². The van der Waals surface area contributed by atoms with E-state index < -0.39 is 5.91 Å². The third-order valence-electron chi connectivity index (χ3n) is 2.24. The fourth-order valence-electron chi connectivity index (χ4n) is 1.34. The second-order valence-electron chi connectivity index (χ2n) is 3.62. The lowest BCUT2D eigenvalue weighted by atomic mass is 10.2. The molecule has 0 unspecified atom stereocenters. The van der Waals surface area contributed by atoms with Gasteiger partial charge in [-0.05, 0) is 18.2 Å². The van der Waals surface area contributed by atoms with Crippen LogP contribution in [-0.2, 0) is 0 Å². The number of amides is 1. The second-order valence-corrected chi connectivity index (χ2v) is 4.41. The van der Waals surface area contributed by atoms with Gasteiger partial charge in [-0.25, -0.2) is 5.10 Å². The molecule has 2 rings (SSSR count). The van der Waals surface area contributed by atoms with Crippen LogP contribution in [0.15, 0.2) is 29.1 Å². The molecule has 0 saturated heterocycles. The van der Waals surface area contributed by atoms with Crippen LogP contribution in [0.5, 0.6) is 0 Å². The predicted octanol–water partition coefficient (Wildman–Crippen LogP) is 1.91. The van der Waals surface area contributed by atoms with Crippen molar-refractivity contribution in [3.8, 4) is 0 Å². The second kappa shape index (κ2) is 5.29. The molecule has 1 heterocycles. The molecule has 0 fully saturated rings. The largest absolute Gasteiger partial charge is 0.397 e. The van der Waals surface area contributed by atoms with Crippen LogP contribution in [0.1, 0.15) is 10.4 Å². The molecule has 0 spiro atoms. The van der Waals surface area contributed by atoms with Crippen LogP contribution in [0.2, 0.25) is 10.0 Å². The van der Waals surface area contributed by atoms with Crippen molar-refractivity contribution in [2.45, 2.75) is 0 Å². The minimum Gasteiger partial charge on any atom is -0.397 e. The van der Waals surface area contributed by atoms with Gasteiger partial charge in [0.2, 0.25) is 0 Å². The number of halogens is 2. The molecule has 0 aliphatic rings. The number of nitrogens with one attached hydrogen (secondary N) is 2. The van der Waals surface area contributed by atoms with Crippen LogP contribution in [-0.4, -0.2) is 16.1 Å². The number of nitrogen functional groups attached to an aromatic ring is 1. The monoisotopic (exact) mass is 298 g/mol. The summed E-state index contributed by atoms with van der Waals surface area (Å²) >= 11 is 11.6. The minimum absolute atomic E-state index is 0.182. The van der Waals surface area contributed by atoms with Gasteiger partial charge < -0.3 is 11.1 Å². The Morgan fingerprint density at radius 2 is 2.05 bits per heavy atom. The van der Waals surface area contributed by atoms with Gasteiger partial charge in [0.25, 0.3) is 11.5 Å². The summed E-state index contributed by atoms with van der Waals surface area (Å²) in [5.41, 5.74) is 5.69. The summed E-state index contributed by atoms with van der Waals surface area (Å²) in [5, 5.41) is 8.70. The zero-order valence-electron chi connectivity index (χ0n) is 9.41. The van der Waals surface area contributed by atoms with Gasteiger partial charge in [0.05, 0.1) is 15.7 Å². The van der Waals surface area contributed by atoms with Crippen LogP contribution < -0.4 is 16.6 Å². The first-order valence-electron chi connectivity index (χ1n) is 5.09. The molecule has 19 heavy (non-hydrogen) atoms. The van der Waals surface area contributed by atoms with Gasteiger partial charge in [-0.2, -0.15) is 5.10 Å². The van der Waals surface area contributed by atoms with Gasteiger partial charge in [-0.15, -0.1) is 0 Å². The van der Waals surface area contributed by atoms with Crippen LogP contribution in [0.3, 0.4) is 0 Å². The lowest BCUT2D eigenvalue weighted by molar-refractivity contribution is 0.102. The summed E-state index contributed by atoms with van der Waals surface area (Å²) in [6, 6.07) is 5.40. The standard InChI is InChI=1S/C11H8Cl2N4O2/c12-6-3-5(4-7(14)10(6)13)11(19)15-8-1-2-9(18)17-16-8/h1-4H,14H2,(H,17,18)(H,15,16,19). The highest BCUT2D eigenvalue weighted by Gasteiger charge is 2.12. The molecule has 0 aliphatic heterocycles. The summed E-state index contributed by atoms with van der Waals surface area (Å²) in [7, 11) is 0. The molecule has 0 radical (unpaired) electrons. The van der Waals surface area contributed by atoms with Crippen LogP contribution in [0.4, 0.5) is 11.5 Å². The fraction of sp³-hybridized carbons (Fsp3) is 0. The maximum absolute atomic E-state index is 11.9. The van der Waals surface area contributed by atoms with Crippen molar-refractivity contribution in [2.24, 2.45) is 0 Å². The summed E-state index contributed by atoms with van der Waals surface area (Å²) in [4.78, 5) is 22.7. The molecule has 0 aliphatic carbocycles. The zero-order chi connectivity index (χ0) is 14.0. The van der Waals surface area contributed by atoms with E-state index in [4.69, 9.17) is 28.9 Å². The Bertz CT molecular complexity index is 656. The Labute approximate surface area is 117 Å². The van der Waals surface area contributed by atoms with E-state index in [1.807, 2.05) is 0 Å². The molecule has 1 aromatic carbocycles. The normalized spacial score (nSPS) is 10.2. The van der Waals surface area contributed by atoms with Gasteiger partial charge in [0.15, 0.2) is 5.82 Å². The number of benzene rings is 1. The zero-order valence-corrected chi connectivity index (χ0v) is 10.9. The number of rotatable bonds is 2. The number of nitrogens with zero attached hydrogens (tertiary/aromatic N) is 1. The van der Waals surface area contributed by atoms with Crippen molar-refractivity contribution in [3.63, 3.8) is 0 Å². The molecule has 1 amide bonds. The Kier molecular flexibility index (Phi) is 3.73. The van der Waals surface area contributed by atoms with E-state index in [0.717, 1.165) is 0 Å². The smallest absolute Gasteiger partial charge is 0.264 e. The number of hydrogen-bond donors (Lipinski definition) is 3. The lowest BCUT2D eigenvalue weighted by Crippen LogP contribution is -2.16. The third-order valence-corrected chi connectivity index (χ3v) is 3.06. The Balaban J connectivity index is 2.25. The first-order chi connectivity index (χ1) is 8.97. The molecule has 1 aromatic heterocycles. The van der Waals surface area contributed by atoms with Gasteiger partial charge in [0, 0.05) is 11.6 Å². The maximum atomic E-state index is 11.9. The van der Waals surface area contributed by atoms with Crippen molar-refractivity contribution in [1.82, 2.24) is 10.2 Å². The summed E-state index contributed by atoms with van der Waals surface area (Å²) in [6.07, 6.45) is 0. The highest BCUT2D eigenvalue weighted by molar-refractivity contribution is 6.44. The fourth-order valence-corrected chi connectivity index (χ4v) is 1.68. The first kappa shape index (κ1) is 13.4. The number of anilines is 2. The number of carbonyl (C=O) groups excluding carboxylic acids is 1. The SMILES string of the molecule is Nc1cc(C(=O)Nc2ccc(=O)[nH]n2)cc(Cl)c1Cl. The highest BCUT2D eigenvalue weighted by Crippen LogP contribution is 2.29. The predicted molar refractivity (Wildman–Crippen MR) is 73.7 cm³/mol. The molecule has 4 N–H and O–H groups in total. The molecule has 0 atom stereocenters. The van der Waals surface area contributed by atoms with Gasteiger partial charge in [0.1, 0.15) is 0 Å². The summed E-state index contributed by atoms with van der Waals surface area (Å²) in [5.74, 6) is -0.265. The van der Waals surface area contributed by atoms with Crippen LogP contribution in [0.25, 0.3) is 0 Å². The lowest BCUT2D eigenvalue weighted by Gasteiger charge is -2.06. The number of H-pyrrole nitrogens is 1. The van der Waals surface area contributed by atoms with Crippen molar-refractivity contribution in [3.05, 3.63) is 50.2 Å². The molecular weight excluding hydrogens is 291 g/mol. The van der Waals surface area contributed by atoms with E-state index in [1.165, 1.54) is 24.3 Å². The molecular formula is C11H8Cl2N4O2. The molecule has 2 aromatic rings. The van der Waals surface area contributed by atoms with Crippen molar-refractivity contribution < 1.29 is 4.79 Å². The average Bonchev–Trinajstić information content (AvgIpc) is 2.38. The average molecular weight is 299 g/mol. The van der Waals surface area contributed by atoms with Gasteiger partial charge >= 0.3 is 0 Å². The van der Waals surface area contributed by atoms with Gasteiger partial charge in [-0.3, -0.25) is 9.59 Å². The van der Waals surface area contributed by atoms with Crippen molar-refractivity contribution in [2.75, 3.05) is 11.1 Å². The molecule has 8 heteroatoms. The molecule has 0 bridgehead atoms. The number of hydrogen-bond acceptors (Lipinski definition) is 4. The number of aromatic nitrogens is 2. The summed E-state index contributed by atoms with van der Waals surface area (Å²) < 4.78 is 0. The van der Waals surface area contributed by atoms with E-state index >= 15 is 0 Å². The van der Waals surface area contributed by atoms with E-state index in [0.29, 0.717) is 0 Å². The highest BCUT2D eigenvalue weighted by atomic mass is 35.5. The van der Waals surface area contributed by atoms with Crippen molar-refractivity contribution >= 4 is 40.6 Å². The Morgan fingerprint density at radius 3 is 2.63 bits per heavy atom. The topological polar surface area (TPSA) is 101 Å². The summed E-state index contributed by atoms with van der Waals surface area (Å²) in [6.45, 7) is 0. The third kappa shape index (κ3) is 3.04. The van der Waals surface area contributed by atoms with Gasteiger partial charge in [-0.1, -0.05) is 23.2 Å². The number of carbonyl (C=O) groups is 1. The quantitative estimate of drug-likeness (QED) is 0.737. The first-order valence-corrected chi connectivity index (χ1v) is 5.84. The Morgan fingerprint density at radius 1 is 1.32 bits per heavy atom. The van der Waals surface area contributed by atoms with E-state index in [2.05, 4.69) is 15.5 Å².